The van der Waals surface area contributed by atoms with Crippen LogP contribution in [-0.4, -0.2) is 60.1 Å². The van der Waals surface area contributed by atoms with Crippen molar-refractivity contribution in [2.45, 2.75) is 32.2 Å². The number of aromatic nitrogens is 1. The zero-order valence-corrected chi connectivity index (χ0v) is 24.8. The van der Waals surface area contributed by atoms with Crippen molar-refractivity contribution in [1.29, 1.82) is 0 Å². The Morgan fingerprint density at radius 1 is 0.818 bits per heavy atom. The number of alkyl halides is 3. The summed E-state index contributed by atoms with van der Waals surface area (Å²) in [5.74, 6) is -0.238. The van der Waals surface area contributed by atoms with Crippen molar-refractivity contribution in [2.24, 2.45) is 0 Å². The predicted molar refractivity (Wildman–Crippen MR) is 161 cm³/mol. The van der Waals surface area contributed by atoms with E-state index in [2.05, 4.69) is 0 Å². The molecule has 0 radical (unpaired) electrons. The van der Waals surface area contributed by atoms with E-state index in [0.717, 1.165) is 34.7 Å². The summed E-state index contributed by atoms with van der Waals surface area (Å²) >= 11 is 0. The second-order valence-electron chi connectivity index (χ2n) is 10.4. The lowest BCUT2D eigenvalue weighted by atomic mass is 10.1. The lowest BCUT2D eigenvalue weighted by Crippen LogP contribution is -2.43. The van der Waals surface area contributed by atoms with Gasteiger partial charge in [-0.2, -0.15) is 13.2 Å². The predicted octanol–water partition coefficient (Wildman–Crippen LogP) is 6.27. The number of nitrogens with zero attached hydrogens (tertiary/aromatic N) is 3. The Labute approximate surface area is 255 Å². The zero-order chi connectivity index (χ0) is 31.5. The maximum Gasteiger partial charge on any atom is 0.416 e. The Kier molecular flexibility index (Phi) is 11.2. The molecule has 0 aliphatic carbocycles. The fourth-order valence-electron chi connectivity index (χ4n) is 4.87. The van der Waals surface area contributed by atoms with Gasteiger partial charge in [-0.25, -0.2) is 0 Å². The van der Waals surface area contributed by atoms with E-state index in [9.17, 15) is 22.8 Å². The Morgan fingerprint density at radius 3 is 2.30 bits per heavy atom. The summed E-state index contributed by atoms with van der Waals surface area (Å²) in [5, 5.41) is 0. The van der Waals surface area contributed by atoms with Crippen LogP contribution < -0.4 is 4.74 Å². The second-order valence-corrected chi connectivity index (χ2v) is 10.4. The highest BCUT2D eigenvalue weighted by Crippen LogP contribution is 2.30. The number of ether oxygens (including phenoxy) is 2. The quantitative estimate of drug-likeness (QED) is 0.159. The summed E-state index contributed by atoms with van der Waals surface area (Å²) in [6.45, 7) is 1.26. The van der Waals surface area contributed by atoms with Crippen molar-refractivity contribution in [3.8, 4) is 5.75 Å². The Hall–Kier alpha value is -4.57. The van der Waals surface area contributed by atoms with E-state index in [1.807, 2.05) is 77.5 Å². The monoisotopic (exact) mass is 607 g/mol. The molecule has 10 heteroatoms. The normalized spacial score (nSPS) is 11.3. The Morgan fingerprint density at radius 2 is 1.57 bits per heavy atom. The van der Waals surface area contributed by atoms with Crippen LogP contribution in [0.15, 0.2) is 97.2 Å². The van der Waals surface area contributed by atoms with Gasteiger partial charge in [-0.15, -0.1) is 0 Å². The van der Waals surface area contributed by atoms with Crippen molar-refractivity contribution < 1.29 is 32.2 Å². The number of rotatable bonds is 14. The number of halogens is 3. The van der Waals surface area contributed by atoms with Crippen LogP contribution in [0.5, 0.6) is 5.75 Å². The van der Waals surface area contributed by atoms with Gasteiger partial charge in [-0.1, -0.05) is 48.5 Å². The number of benzene rings is 3. The van der Waals surface area contributed by atoms with E-state index < -0.39 is 17.6 Å². The molecule has 3 aromatic carbocycles. The van der Waals surface area contributed by atoms with Crippen molar-refractivity contribution >= 4 is 11.8 Å². The van der Waals surface area contributed by atoms with Gasteiger partial charge >= 0.3 is 6.18 Å². The fourth-order valence-corrected chi connectivity index (χ4v) is 4.87. The molecule has 2 amide bonds. The molecular weight excluding hydrogens is 571 g/mol. The van der Waals surface area contributed by atoms with Crippen LogP contribution in [0.2, 0.25) is 0 Å². The van der Waals surface area contributed by atoms with E-state index in [-0.39, 0.29) is 37.6 Å². The molecule has 0 atom stereocenters. The molecule has 1 heterocycles. The molecule has 4 rings (SSSR count). The molecule has 1 aromatic heterocycles. The summed E-state index contributed by atoms with van der Waals surface area (Å²) in [6.07, 6.45) is -2.25. The van der Waals surface area contributed by atoms with Crippen LogP contribution in [0.1, 0.15) is 39.2 Å². The lowest BCUT2D eigenvalue weighted by Gasteiger charge is -2.28. The molecule has 7 nitrogen and oxygen atoms in total. The third-order valence-corrected chi connectivity index (χ3v) is 7.16. The third-order valence-electron chi connectivity index (χ3n) is 7.16. The molecule has 0 unspecified atom stereocenters. The van der Waals surface area contributed by atoms with Crippen molar-refractivity contribution in [1.82, 2.24) is 14.4 Å². The lowest BCUT2D eigenvalue weighted by molar-refractivity contribution is -0.137. The van der Waals surface area contributed by atoms with Gasteiger partial charge in [0, 0.05) is 50.8 Å². The van der Waals surface area contributed by atoms with Crippen molar-refractivity contribution in [3.63, 3.8) is 0 Å². The number of carbonyl (C=O) groups is 2. The highest BCUT2D eigenvalue weighted by molar-refractivity contribution is 5.96. The van der Waals surface area contributed by atoms with Gasteiger partial charge in [-0.05, 0) is 60.0 Å². The topological polar surface area (TPSA) is 64.0 Å². The first-order valence-corrected chi connectivity index (χ1v) is 14.2. The molecule has 0 bridgehead atoms. The first-order valence-electron chi connectivity index (χ1n) is 14.2. The van der Waals surface area contributed by atoms with Crippen molar-refractivity contribution in [3.05, 3.63) is 125 Å². The maximum atomic E-state index is 13.9. The summed E-state index contributed by atoms with van der Waals surface area (Å²) < 4.78 is 52.7. The van der Waals surface area contributed by atoms with Gasteiger partial charge in [-0.3, -0.25) is 9.59 Å². The number of hydrogen-bond acceptors (Lipinski definition) is 4. The SMILES string of the molecule is COCCCN(CC(=O)N(Cc1ccccc1)Cc1cccn1Cc1cccc(OC)c1)C(=O)c1cccc(C(F)(F)F)c1. The Balaban J connectivity index is 1.59. The summed E-state index contributed by atoms with van der Waals surface area (Å²) in [5.41, 5.74) is 1.76. The van der Waals surface area contributed by atoms with Gasteiger partial charge in [0.25, 0.3) is 5.91 Å². The van der Waals surface area contributed by atoms with Gasteiger partial charge in [0.15, 0.2) is 0 Å². The minimum Gasteiger partial charge on any atom is -0.497 e. The van der Waals surface area contributed by atoms with Gasteiger partial charge < -0.3 is 23.8 Å². The standard InChI is InChI=1S/C34H36F3N3O4/c1-43-19-9-18-39(33(42)28-13-7-14-29(21-28)34(35,36)37)25-32(41)40(22-26-10-4-3-5-11-26)24-30-15-8-17-38(30)23-27-12-6-16-31(20-27)44-2/h3-8,10-17,20-21H,9,18-19,22-25H2,1-2H3. The van der Waals surface area contributed by atoms with Crippen LogP contribution in [-0.2, 0) is 35.3 Å². The molecule has 0 spiro atoms. The molecular formula is C34H36F3N3O4. The van der Waals surface area contributed by atoms with Crippen molar-refractivity contribution in [2.75, 3.05) is 33.9 Å². The van der Waals surface area contributed by atoms with E-state index in [1.54, 1.807) is 12.0 Å². The molecule has 4 aromatic rings. The first-order chi connectivity index (χ1) is 21.2. The fraction of sp³-hybridized carbons (Fsp3) is 0.294. The number of methoxy groups -OCH3 is 2. The average Bonchev–Trinajstić information content (AvgIpc) is 3.46. The molecule has 44 heavy (non-hydrogen) atoms. The summed E-state index contributed by atoms with van der Waals surface area (Å²) in [6, 6.07) is 25.4. The van der Waals surface area contributed by atoms with Crippen LogP contribution in [0.3, 0.4) is 0 Å². The first kappa shape index (κ1) is 32.3. The van der Waals surface area contributed by atoms with Crippen LogP contribution in [0.4, 0.5) is 13.2 Å². The minimum atomic E-state index is -4.60. The highest BCUT2D eigenvalue weighted by Gasteiger charge is 2.32. The molecule has 0 saturated carbocycles. The van der Waals surface area contributed by atoms with Crippen LogP contribution in [0, 0.1) is 0 Å². The highest BCUT2D eigenvalue weighted by atomic mass is 19.4. The van der Waals surface area contributed by atoms with Crippen LogP contribution in [0.25, 0.3) is 0 Å². The molecule has 0 fully saturated rings. The molecule has 0 aliphatic rings. The van der Waals surface area contributed by atoms with Gasteiger partial charge in [0.05, 0.1) is 19.2 Å². The maximum absolute atomic E-state index is 13.9. The van der Waals surface area contributed by atoms with E-state index in [4.69, 9.17) is 9.47 Å². The summed E-state index contributed by atoms with van der Waals surface area (Å²) in [4.78, 5) is 30.4. The molecule has 0 saturated heterocycles. The van der Waals surface area contributed by atoms with Crippen LogP contribution >= 0.6 is 0 Å². The zero-order valence-electron chi connectivity index (χ0n) is 24.8. The van der Waals surface area contributed by atoms with Gasteiger partial charge in [0.1, 0.15) is 12.3 Å². The molecule has 0 N–H and O–H groups in total. The number of hydrogen-bond donors (Lipinski definition) is 0. The second kappa shape index (κ2) is 15.2. The smallest absolute Gasteiger partial charge is 0.416 e. The average molecular weight is 608 g/mol. The Bertz CT molecular complexity index is 1520. The van der Waals surface area contributed by atoms with E-state index in [0.29, 0.717) is 19.6 Å². The molecule has 232 valence electrons. The largest absolute Gasteiger partial charge is 0.497 e. The van der Waals surface area contributed by atoms with Gasteiger partial charge in [0.2, 0.25) is 5.91 Å². The van der Waals surface area contributed by atoms with E-state index >= 15 is 0 Å². The number of carbonyl (C=O) groups excluding carboxylic acids is 2. The summed E-state index contributed by atoms with van der Waals surface area (Å²) in [7, 11) is 3.13. The third kappa shape index (κ3) is 8.97. The minimum absolute atomic E-state index is 0.133. The van der Waals surface area contributed by atoms with E-state index in [1.165, 1.54) is 24.1 Å². The number of amides is 2. The molecule has 0 aliphatic heterocycles.